The Balaban J connectivity index is 1.72. The third-order valence-corrected chi connectivity index (χ3v) is 3.93. The van der Waals surface area contributed by atoms with Crippen molar-refractivity contribution in [2.75, 3.05) is 5.32 Å². The topological polar surface area (TPSA) is 90.8 Å². The predicted octanol–water partition coefficient (Wildman–Crippen LogP) is 4.47. The molecule has 0 bridgehead atoms. The fraction of sp³-hybridized carbons (Fsp3) is 0.105. The molecule has 0 aliphatic rings. The van der Waals surface area contributed by atoms with E-state index in [0.29, 0.717) is 28.4 Å². The number of H-pyrrole nitrogens is 1. The normalized spacial score (nSPS) is 11.4. The number of nitrogens with zero attached hydrogens (tertiary/aromatic N) is 2. The van der Waals surface area contributed by atoms with Gasteiger partial charge in [0, 0.05) is 17.1 Å². The van der Waals surface area contributed by atoms with Gasteiger partial charge in [0.05, 0.1) is 29.9 Å². The third-order valence-electron chi connectivity index (χ3n) is 3.69. The molecule has 3 rings (SSSR count). The molecule has 26 heavy (non-hydrogen) atoms. The van der Waals surface area contributed by atoms with Crippen LogP contribution in [0.3, 0.4) is 0 Å². The second-order valence-electron chi connectivity index (χ2n) is 5.55. The van der Waals surface area contributed by atoms with E-state index in [-0.39, 0.29) is 0 Å². The summed E-state index contributed by atoms with van der Waals surface area (Å²) in [6.07, 6.45) is 2.43. The number of hydrogen-bond donors (Lipinski definition) is 2. The number of ether oxygens (including phenoxy) is 1. The lowest BCUT2D eigenvalue weighted by atomic mass is 10.0. The van der Waals surface area contributed by atoms with Crippen LogP contribution in [-0.4, -0.2) is 16.1 Å². The molecule has 0 aliphatic carbocycles. The Bertz CT molecular complexity index is 917. The van der Waals surface area contributed by atoms with Gasteiger partial charge in [0.25, 0.3) is 0 Å². The Hall–Kier alpha value is -3.30. The first-order valence-corrected chi connectivity index (χ1v) is 8.22. The van der Waals surface area contributed by atoms with E-state index in [1.54, 1.807) is 42.6 Å². The van der Waals surface area contributed by atoms with Gasteiger partial charge >= 0.3 is 6.09 Å². The number of benzene rings is 2. The maximum Gasteiger partial charge on any atom is 0.412 e. The Morgan fingerprint density at radius 2 is 2.12 bits per heavy atom. The van der Waals surface area contributed by atoms with E-state index in [0.717, 1.165) is 5.56 Å². The maximum atomic E-state index is 12.3. The fourth-order valence-corrected chi connectivity index (χ4v) is 2.62. The van der Waals surface area contributed by atoms with Gasteiger partial charge < -0.3 is 9.72 Å². The van der Waals surface area contributed by atoms with E-state index < -0.39 is 12.2 Å². The largest absolute Gasteiger partial charge is 0.439 e. The minimum atomic E-state index is -0.597. The fourth-order valence-electron chi connectivity index (χ4n) is 2.43. The quantitative estimate of drug-likeness (QED) is 0.697. The number of aromatic amines is 1. The van der Waals surface area contributed by atoms with Crippen LogP contribution in [0.4, 0.5) is 10.5 Å². The van der Waals surface area contributed by atoms with Crippen LogP contribution in [-0.2, 0) is 11.2 Å². The SMILES string of the molecule is N#Cc1ccc(CC(OC(=O)Nc2cccc(Cl)c2)c2cnc[nH]2)cc1. The van der Waals surface area contributed by atoms with Gasteiger partial charge in [-0.1, -0.05) is 29.8 Å². The first kappa shape index (κ1) is 17.5. The first-order valence-electron chi connectivity index (χ1n) is 7.84. The molecule has 0 saturated heterocycles. The summed E-state index contributed by atoms with van der Waals surface area (Å²) >= 11 is 5.92. The van der Waals surface area contributed by atoms with Gasteiger partial charge in [-0.3, -0.25) is 5.32 Å². The Morgan fingerprint density at radius 3 is 2.77 bits per heavy atom. The molecule has 0 spiro atoms. The zero-order valence-corrected chi connectivity index (χ0v) is 14.4. The summed E-state index contributed by atoms with van der Waals surface area (Å²) in [7, 11) is 0. The van der Waals surface area contributed by atoms with E-state index >= 15 is 0 Å². The minimum Gasteiger partial charge on any atom is -0.439 e. The number of rotatable bonds is 5. The molecule has 2 N–H and O–H groups in total. The Labute approximate surface area is 155 Å². The number of carbonyl (C=O) groups is 1. The second kappa shape index (κ2) is 8.19. The molecule has 0 aliphatic heterocycles. The van der Waals surface area contributed by atoms with Gasteiger partial charge in [-0.25, -0.2) is 9.78 Å². The minimum absolute atomic E-state index is 0.441. The molecule has 1 amide bonds. The van der Waals surface area contributed by atoms with Crippen LogP contribution in [0, 0.1) is 11.3 Å². The average Bonchev–Trinajstić information content (AvgIpc) is 3.16. The Morgan fingerprint density at radius 1 is 1.31 bits per heavy atom. The van der Waals surface area contributed by atoms with Crippen LogP contribution in [0.25, 0.3) is 0 Å². The van der Waals surface area contributed by atoms with Crippen LogP contribution in [0.1, 0.15) is 22.9 Å². The van der Waals surface area contributed by atoms with Gasteiger partial charge in [-0.2, -0.15) is 5.26 Å². The summed E-state index contributed by atoms with van der Waals surface area (Å²) in [6, 6.07) is 16.0. The summed E-state index contributed by atoms with van der Waals surface area (Å²) in [5.41, 5.74) is 2.73. The van der Waals surface area contributed by atoms with E-state index in [2.05, 4.69) is 21.4 Å². The van der Waals surface area contributed by atoms with Crippen LogP contribution in [0.2, 0.25) is 5.02 Å². The van der Waals surface area contributed by atoms with Crippen molar-refractivity contribution >= 4 is 23.4 Å². The number of anilines is 1. The van der Waals surface area contributed by atoms with Gasteiger partial charge in [-0.05, 0) is 35.9 Å². The maximum absolute atomic E-state index is 12.3. The number of carbonyl (C=O) groups excluding carboxylic acids is 1. The molecule has 0 saturated carbocycles. The Kier molecular flexibility index (Phi) is 5.52. The van der Waals surface area contributed by atoms with Crippen molar-refractivity contribution in [1.82, 2.24) is 9.97 Å². The average molecular weight is 367 g/mol. The third kappa shape index (κ3) is 4.62. The summed E-state index contributed by atoms with van der Waals surface area (Å²) in [4.78, 5) is 19.2. The number of aromatic nitrogens is 2. The van der Waals surface area contributed by atoms with E-state index in [1.165, 1.54) is 6.33 Å². The molecule has 1 heterocycles. The van der Waals surface area contributed by atoms with Gasteiger partial charge in [-0.15, -0.1) is 0 Å². The van der Waals surface area contributed by atoms with Crippen LogP contribution in [0.15, 0.2) is 61.1 Å². The van der Waals surface area contributed by atoms with Crippen molar-refractivity contribution in [2.24, 2.45) is 0 Å². The monoisotopic (exact) mass is 366 g/mol. The van der Waals surface area contributed by atoms with Gasteiger partial charge in [0.2, 0.25) is 0 Å². The molecule has 0 fully saturated rings. The number of imidazole rings is 1. The highest BCUT2D eigenvalue weighted by Crippen LogP contribution is 2.22. The molecule has 130 valence electrons. The molecule has 0 radical (unpaired) electrons. The standard InChI is InChI=1S/C19H15ClN4O2/c20-15-2-1-3-16(9-15)24-19(25)26-18(17-11-22-12-23-17)8-13-4-6-14(10-21)7-5-13/h1-7,9,11-12,18H,8H2,(H,22,23)(H,24,25). The molecule has 1 unspecified atom stereocenters. The van der Waals surface area contributed by atoms with E-state index in [4.69, 9.17) is 21.6 Å². The van der Waals surface area contributed by atoms with Gasteiger partial charge in [0.1, 0.15) is 6.10 Å². The number of nitrogens with one attached hydrogen (secondary N) is 2. The van der Waals surface area contributed by atoms with Crippen molar-refractivity contribution in [1.29, 1.82) is 5.26 Å². The molecular weight excluding hydrogens is 352 g/mol. The molecule has 1 atom stereocenters. The number of halogens is 1. The second-order valence-corrected chi connectivity index (χ2v) is 5.99. The van der Waals surface area contributed by atoms with Crippen LogP contribution in [0.5, 0.6) is 0 Å². The van der Waals surface area contributed by atoms with Crippen molar-refractivity contribution in [3.8, 4) is 6.07 Å². The summed E-state index contributed by atoms with van der Waals surface area (Å²) in [6.45, 7) is 0. The molecule has 1 aromatic heterocycles. The number of amides is 1. The lowest BCUT2D eigenvalue weighted by Gasteiger charge is -2.17. The predicted molar refractivity (Wildman–Crippen MR) is 97.7 cm³/mol. The van der Waals surface area contributed by atoms with Crippen molar-refractivity contribution in [3.63, 3.8) is 0 Å². The van der Waals surface area contributed by atoms with Crippen LogP contribution < -0.4 is 5.32 Å². The first-order chi connectivity index (χ1) is 12.6. The molecule has 3 aromatic rings. The summed E-state index contributed by atoms with van der Waals surface area (Å²) < 4.78 is 5.57. The van der Waals surface area contributed by atoms with E-state index in [9.17, 15) is 4.79 Å². The highest BCUT2D eigenvalue weighted by molar-refractivity contribution is 6.30. The van der Waals surface area contributed by atoms with Gasteiger partial charge in [0.15, 0.2) is 0 Å². The van der Waals surface area contributed by atoms with E-state index in [1.807, 2.05) is 12.1 Å². The smallest absolute Gasteiger partial charge is 0.412 e. The number of nitriles is 1. The van der Waals surface area contributed by atoms with Crippen molar-refractivity contribution < 1.29 is 9.53 Å². The summed E-state index contributed by atoms with van der Waals surface area (Å²) in [5, 5.41) is 12.1. The molecule has 7 heteroatoms. The highest BCUT2D eigenvalue weighted by Gasteiger charge is 2.19. The zero-order valence-electron chi connectivity index (χ0n) is 13.6. The highest BCUT2D eigenvalue weighted by atomic mass is 35.5. The van der Waals surface area contributed by atoms with Crippen molar-refractivity contribution in [3.05, 3.63) is 82.9 Å². The molecule has 2 aromatic carbocycles. The number of hydrogen-bond acceptors (Lipinski definition) is 4. The molecule has 6 nitrogen and oxygen atoms in total. The molecular formula is C19H15ClN4O2. The van der Waals surface area contributed by atoms with Crippen molar-refractivity contribution in [2.45, 2.75) is 12.5 Å². The zero-order chi connectivity index (χ0) is 18.4. The lowest BCUT2D eigenvalue weighted by Crippen LogP contribution is -2.19. The summed E-state index contributed by atoms with van der Waals surface area (Å²) in [5.74, 6) is 0. The van der Waals surface area contributed by atoms with Crippen LogP contribution >= 0.6 is 11.6 Å². The lowest BCUT2D eigenvalue weighted by molar-refractivity contribution is 0.109.